The van der Waals surface area contributed by atoms with Crippen LogP contribution in [0.4, 0.5) is 14.9 Å². The van der Waals surface area contributed by atoms with Crippen LogP contribution in [0.25, 0.3) is 0 Å². The van der Waals surface area contributed by atoms with Crippen LogP contribution in [-0.2, 0) is 0 Å². The van der Waals surface area contributed by atoms with Gasteiger partial charge in [-0.25, -0.2) is 9.18 Å². The zero-order valence-electron chi connectivity index (χ0n) is 13.4. The first kappa shape index (κ1) is 17.2. The predicted molar refractivity (Wildman–Crippen MR) is 94.3 cm³/mol. The monoisotopic (exact) mass is 361 g/mol. The van der Waals surface area contributed by atoms with E-state index in [2.05, 4.69) is 5.32 Å². The summed E-state index contributed by atoms with van der Waals surface area (Å²) in [5.74, 6) is -0.533. The molecular weight excluding hydrogens is 345 g/mol. The largest absolute Gasteiger partial charge is 0.335 e. The van der Waals surface area contributed by atoms with Crippen molar-refractivity contribution in [1.29, 1.82) is 0 Å². The molecule has 1 aliphatic heterocycles. The Balaban J connectivity index is 1.55. The Kier molecular flexibility index (Phi) is 5.19. The van der Waals surface area contributed by atoms with Crippen molar-refractivity contribution >= 4 is 29.2 Å². The molecule has 1 aliphatic rings. The fraction of sp³-hybridized carbons (Fsp3) is 0.222. The van der Waals surface area contributed by atoms with Gasteiger partial charge >= 0.3 is 6.03 Å². The van der Waals surface area contributed by atoms with Gasteiger partial charge in [-0.3, -0.25) is 4.79 Å². The average molecular weight is 362 g/mol. The van der Waals surface area contributed by atoms with Gasteiger partial charge in [-0.15, -0.1) is 0 Å². The van der Waals surface area contributed by atoms with Crippen LogP contribution in [0.15, 0.2) is 48.5 Å². The van der Waals surface area contributed by atoms with E-state index in [1.54, 1.807) is 34.1 Å². The lowest BCUT2D eigenvalue weighted by Crippen LogP contribution is -2.51. The van der Waals surface area contributed by atoms with Crippen LogP contribution in [0.1, 0.15) is 10.4 Å². The molecule has 7 heteroatoms. The number of anilines is 1. The van der Waals surface area contributed by atoms with Crippen molar-refractivity contribution in [2.24, 2.45) is 0 Å². The third-order valence-electron chi connectivity index (χ3n) is 4.02. The number of nitrogens with one attached hydrogen (secondary N) is 1. The highest BCUT2D eigenvalue weighted by Crippen LogP contribution is 2.16. The third-order valence-corrected chi connectivity index (χ3v) is 4.26. The first-order valence-electron chi connectivity index (χ1n) is 7.89. The quantitative estimate of drug-likeness (QED) is 0.890. The Labute approximate surface area is 150 Å². The number of hydrogen-bond acceptors (Lipinski definition) is 2. The van der Waals surface area contributed by atoms with Crippen molar-refractivity contribution in [3.8, 4) is 0 Å². The van der Waals surface area contributed by atoms with Gasteiger partial charge in [-0.05, 0) is 42.5 Å². The average Bonchev–Trinajstić information content (AvgIpc) is 2.62. The molecule has 0 unspecified atom stereocenters. The molecule has 1 heterocycles. The first-order valence-corrected chi connectivity index (χ1v) is 8.27. The molecule has 2 aromatic rings. The second-order valence-electron chi connectivity index (χ2n) is 5.73. The molecular formula is C18H17ClFN3O2. The number of amides is 3. The molecule has 0 spiro atoms. The van der Waals surface area contributed by atoms with Crippen molar-refractivity contribution in [3.63, 3.8) is 0 Å². The maximum absolute atomic E-state index is 13.0. The van der Waals surface area contributed by atoms with Gasteiger partial charge in [-0.1, -0.05) is 17.7 Å². The van der Waals surface area contributed by atoms with Gasteiger partial charge in [-0.2, -0.15) is 0 Å². The minimum Gasteiger partial charge on any atom is -0.335 e. The van der Waals surface area contributed by atoms with Gasteiger partial charge in [0.1, 0.15) is 5.82 Å². The third kappa shape index (κ3) is 4.28. The molecule has 1 saturated heterocycles. The zero-order chi connectivity index (χ0) is 17.8. The van der Waals surface area contributed by atoms with Gasteiger partial charge in [0.2, 0.25) is 0 Å². The number of piperazine rings is 1. The molecule has 0 aliphatic carbocycles. The number of urea groups is 1. The first-order chi connectivity index (χ1) is 12.0. The molecule has 3 rings (SSSR count). The van der Waals surface area contributed by atoms with E-state index in [4.69, 9.17) is 11.6 Å². The number of carbonyl (C=O) groups is 2. The summed E-state index contributed by atoms with van der Waals surface area (Å²) < 4.78 is 13.0. The summed E-state index contributed by atoms with van der Waals surface area (Å²) >= 11 is 5.90. The number of nitrogens with zero attached hydrogens (tertiary/aromatic N) is 2. The molecule has 1 N–H and O–H groups in total. The predicted octanol–water partition coefficient (Wildman–Crippen LogP) is 3.47. The number of hydrogen-bond donors (Lipinski definition) is 1. The Morgan fingerprint density at radius 1 is 0.960 bits per heavy atom. The van der Waals surface area contributed by atoms with Crippen molar-refractivity contribution in [3.05, 3.63) is 64.9 Å². The van der Waals surface area contributed by atoms with E-state index in [0.717, 1.165) is 0 Å². The van der Waals surface area contributed by atoms with Crippen molar-refractivity contribution < 1.29 is 14.0 Å². The summed E-state index contributed by atoms with van der Waals surface area (Å²) in [7, 11) is 0. The number of halogens is 2. The summed E-state index contributed by atoms with van der Waals surface area (Å²) in [5.41, 5.74) is 1.07. The van der Waals surface area contributed by atoms with E-state index < -0.39 is 0 Å². The summed E-state index contributed by atoms with van der Waals surface area (Å²) in [6.07, 6.45) is 0. The molecule has 130 valence electrons. The van der Waals surface area contributed by atoms with Crippen molar-refractivity contribution in [2.75, 3.05) is 31.5 Å². The lowest BCUT2D eigenvalue weighted by Gasteiger charge is -2.34. The fourth-order valence-electron chi connectivity index (χ4n) is 2.66. The number of carbonyl (C=O) groups excluding carboxylic acids is 2. The minimum atomic E-state index is -0.376. The molecule has 5 nitrogen and oxygen atoms in total. The highest BCUT2D eigenvalue weighted by Gasteiger charge is 2.24. The summed E-state index contributed by atoms with van der Waals surface area (Å²) in [5, 5.41) is 3.34. The summed E-state index contributed by atoms with van der Waals surface area (Å²) in [6.45, 7) is 1.72. The molecule has 0 radical (unpaired) electrons. The minimum absolute atomic E-state index is 0.158. The Hall–Kier alpha value is -2.60. The smallest absolute Gasteiger partial charge is 0.321 e. The van der Waals surface area contributed by atoms with Gasteiger partial charge in [0.25, 0.3) is 5.91 Å². The highest BCUT2D eigenvalue weighted by atomic mass is 35.5. The SMILES string of the molecule is O=C(Nc1cccc(Cl)c1)N1CCN(C(=O)c2ccc(F)cc2)CC1. The van der Waals surface area contributed by atoms with Crippen LogP contribution in [0.3, 0.4) is 0 Å². The Morgan fingerprint density at radius 2 is 1.60 bits per heavy atom. The van der Waals surface area contributed by atoms with Crippen LogP contribution in [0, 0.1) is 5.82 Å². The zero-order valence-corrected chi connectivity index (χ0v) is 14.2. The van der Waals surface area contributed by atoms with E-state index >= 15 is 0 Å². The molecule has 0 atom stereocenters. The standard InChI is InChI=1S/C18H17ClFN3O2/c19-14-2-1-3-16(12-14)21-18(25)23-10-8-22(9-11-23)17(24)13-4-6-15(20)7-5-13/h1-7,12H,8-11H2,(H,21,25). The van der Waals surface area contributed by atoms with E-state index in [1.807, 2.05) is 0 Å². The van der Waals surface area contributed by atoms with Crippen LogP contribution in [-0.4, -0.2) is 47.9 Å². The molecule has 25 heavy (non-hydrogen) atoms. The normalized spacial score (nSPS) is 14.3. The van der Waals surface area contributed by atoms with Gasteiger partial charge < -0.3 is 15.1 Å². The van der Waals surface area contributed by atoms with Gasteiger partial charge in [0, 0.05) is 42.5 Å². The van der Waals surface area contributed by atoms with Crippen LogP contribution >= 0.6 is 11.6 Å². The van der Waals surface area contributed by atoms with Crippen molar-refractivity contribution in [1.82, 2.24) is 9.80 Å². The Bertz CT molecular complexity index is 774. The summed E-state index contributed by atoms with van der Waals surface area (Å²) in [4.78, 5) is 28.0. The fourth-order valence-corrected chi connectivity index (χ4v) is 2.85. The van der Waals surface area contributed by atoms with Gasteiger partial charge in [0.15, 0.2) is 0 Å². The lowest BCUT2D eigenvalue weighted by molar-refractivity contribution is 0.0671. The molecule has 2 aromatic carbocycles. The second kappa shape index (κ2) is 7.53. The molecule has 0 bridgehead atoms. The van der Waals surface area contributed by atoms with Crippen LogP contribution < -0.4 is 5.32 Å². The topological polar surface area (TPSA) is 52.7 Å². The summed E-state index contributed by atoms with van der Waals surface area (Å²) in [6, 6.07) is 12.2. The molecule has 3 amide bonds. The van der Waals surface area contributed by atoms with Gasteiger partial charge in [0.05, 0.1) is 0 Å². The molecule has 0 saturated carbocycles. The van der Waals surface area contributed by atoms with E-state index in [1.165, 1.54) is 24.3 Å². The van der Waals surface area contributed by atoms with Crippen LogP contribution in [0.5, 0.6) is 0 Å². The van der Waals surface area contributed by atoms with E-state index in [9.17, 15) is 14.0 Å². The maximum Gasteiger partial charge on any atom is 0.321 e. The van der Waals surface area contributed by atoms with Crippen molar-refractivity contribution in [2.45, 2.75) is 0 Å². The number of benzene rings is 2. The Morgan fingerprint density at radius 3 is 2.24 bits per heavy atom. The highest BCUT2D eigenvalue weighted by molar-refractivity contribution is 6.30. The lowest BCUT2D eigenvalue weighted by atomic mass is 10.2. The van der Waals surface area contributed by atoms with E-state index in [0.29, 0.717) is 42.5 Å². The second-order valence-corrected chi connectivity index (χ2v) is 6.16. The number of rotatable bonds is 2. The molecule has 0 aromatic heterocycles. The van der Waals surface area contributed by atoms with E-state index in [-0.39, 0.29) is 17.8 Å². The van der Waals surface area contributed by atoms with Crippen LogP contribution in [0.2, 0.25) is 5.02 Å². The molecule has 1 fully saturated rings. The maximum atomic E-state index is 13.0.